The number of tetrazole rings is 1. The highest BCUT2D eigenvalue weighted by Crippen LogP contribution is 2.18. The zero-order valence-electron chi connectivity index (χ0n) is 11.5. The molecule has 1 aromatic heterocycles. The molecule has 1 amide bonds. The van der Waals surface area contributed by atoms with Gasteiger partial charge >= 0.3 is 0 Å². The van der Waals surface area contributed by atoms with Crippen LogP contribution in [0, 0.1) is 0 Å². The number of hydrogen-bond acceptors (Lipinski definition) is 7. The van der Waals surface area contributed by atoms with E-state index in [2.05, 4.69) is 20.8 Å². The Balaban J connectivity index is 1.88. The molecular formula is C12H16N6O2S. The molecule has 0 atom stereocenters. The topological polar surface area (TPSA) is 108 Å². The lowest BCUT2D eigenvalue weighted by Gasteiger charge is -2.06. The van der Waals surface area contributed by atoms with E-state index in [1.54, 1.807) is 23.9 Å². The average molecular weight is 308 g/mol. The summed E-state index contributed by atoms with van der Waals surface area (Å²) >= 11 is 1.26. The fraction of sp³-hybridized carbons (Fsp3) is 0.333. The Bertz CT molecular complexity index is 603. The molecule has 3 N–H and O–H groups in total. The summed E-state index contributed by atoms with van der Waals surface area (Å²) in [7, 11) is 1.58. The van der Waals surface area contributed by atoms with Gasteiger partial charge in [0.15, 0.2) is 0 Å². The molecule has 112 valence electrons. The normalized spacial score (nSPS) is 10.4. The largest absolute Gasteiger partial charge is 0.497 e. The van der Waals surface area contributed by atoms with Crippen molar-refractivity contribution in [3.8, 4) is 5.75 Å². The number of carbonyl (C=O) groups excluding carboxylic acids is 1. The predicted molar refractivity (Wildman–Crippen MR) is 79.2 cm³/mol. The molecule has 0 aliphatic heterocycles. The van der Waals surface area contributed by atoms with Crippen molar-refractivity contribution in [1.29, 1.82) is 0 Å². The molecule has 0 aliphatic rings. The minimum absolute atomic E-state index is 0.143. The van der Waals surface area contributed by atoms with E-state index in [0.29, 0.717) is 29.7 Å². The van der Waals surface area contributed by atoms with Crippen LogP contribution in [-0.2, 0) is 11.3 Å². The van der Waals surface area contributed by atoms with Gasteiger partial charge in [-0.1, -0.05) is 17.8 Å². The van der Waals surface area contributed by atoms with E-state index in [1.807, 2.05) is 12.1 Å². The summed E-state index contributed by atoms with van der Waals surface area (Å²) in [6, 6.07) is 7.17. The Kier molecular flexibility index (Phi) is 5.52. The molecular weight excluding hydrogens is 292 g/mol. The number of benzene rings is 1. The van der Waals surface area contributed by atoms with E-state index in [0.717, 1.165) is 0 Å². The Hall–Kier alpha value is -2.13. The highest BCUT2D eigenvalue weighted by molar-refractivity contribution is 7.99. The third-order valence-electron chi connectivity index (χ3n) is 2.53. The number of nitrogens with two attached hydrogens (primary N) is 1. The van der Waals surface area contributed by atoms with Crippen molar-refractivity contribution in [3.05, 3.63) is 24.3 Å². The van der Waals surface area contributed by atoms with Gasteiger partial charge in [-0.15, -0.1) is 5.10 Å². The summed E-state index contributed by atoms with van der Waals surface area (Å²) in [5.41, 5.74) is 6.14. The highest BCUT2D eigenvalue weighted by atomic mass is 32.2. The van der Waals surface area contributed by atoms with E-state index >= 15 is 0 Å². The number of hydrogen-bond donors (Lipinski definition) is 2. The van der Waals surface area contributed by atoms with Gasteiger partial charge in [0.1, 0.15) is 5.75 Å². The van der Waals surface area contributed by atoms with Crippen LogP contribution in [0.4, 0.5) is 5.69 Å². The minimum atomic E-state index is -0.143. The fourth-order valence-electron chi connectivity index (χ4n) is 1.59. The van der Waals surface area contributed by atoms with Gasteiger partial charge < -0.3 is 15.8 Å². The van der Waals surface area contributed by atoms with Crippen LogP contribution < -0.4 is 15.8 Å². The predicted octanol–water partition coefficient (Wildman–Crippen LogP) is 0.371. The van der Waals surface area contributed by atoms with Crippen LogP contribution in [0.5, 0.6) is 5.75 Å². The fourth-order valence-corrected chi connectivity index (χ4v) is 2.29. The molecule has 2 rings (SSSR count). The zero-order chi connectivity index (χ0) is 15.1. The second-order valence-corrected chi connectivity index (χ2v) is 4.98. The van der Waals surface area contributed by atoms with Crippen LogP contribution in [0.15, 0.2) is 29.4 Å². The molecule has 0 fully saturated rings. The third-order valence-corrected chi connectivity index (χ3v) is 3.48. The second-order valence-electron chi connectivity index (χ2n) is 4.04. The summed E-state index contributed by atoms with van der Waals surface area (Å²) in [5, 5.41) is 14.6. The van der Waals surface area contributed by atoms with Gasteiger partial charge in [0.2, 0.25) is 11.1 Å². The van der Waals surface area contributed by atoms with Crippen molar-refractivity contribution in [2.45, 2.75) is 11.7 Å². The number of amides is 1. The van der Waals surface area contributed by atoms with E-state index in [-0.39, 0.29) is 11.7 Å². The average Bonchev–Trinajstić information content (AvgIpc) is 2.93. The quantitative estimate of drug-likeness (QED) is 0.711. The molecule has 0 aliphatic carbocycles. The van der Waals surface area contributed by atoms with E-state index in [1.165, 1.54) is 11.8 Å². The summed E-state index contributed by atoms with van der Waals surface area (Å²) in [6.45, 7) is 0.960. The molecule has 0 spiro atoms. The molecule has 1 aromatic carbocycles. The number of rotatable bonds is 7. The second kappa shape index (κ2) is 7.60. The number of thioether (sulfide) groups is 1. The molecule has 9 heteroatoms. The Labute approximate surface area is 126 Å². The number of carbonyl (C=O) groups is 1. The first-order chi connectivity index (χ1) is 10.2. The summed E-state index contributed by atoms with van der Waals surface area (Å²) in [4.78, 5) is 11.9. The smallest absolute Gasteiger partial charge is 0.234 e. The first-order valence-corrected chi connectivity index (χ1v) is 7.24. The van der Waals surface area contributed by atoms with Gasteiger partial charge in [-0.3, -0.25) is 4.79 Å². The first-order valence-electron chi connectivity index (χ1n) is 6.26. The van der Waals surface area contributed by atoms with Crippen LogP contribution >= 0.6 is 11.8 Å². The van der Waals surface area contributed by atoms with Gasteiger partial charge in [0.05, 0.1) is 19.4 Å². The lowest BCUT2D eigenvalue weighted by molar-refractivity contribution is -0.113. The SMILES string of the molecule is COc1cccc(NC(=O)CSc2nnnn2CCN)c1. The van der Waals surface area contributed by atoms with Gasteiger partial charge in [-0.2, -0.15) is 0 Å². The lowest BCUT2D eigenvalue weighted by atomic mass is 10.3. The molecule has 0 saturated carbocycles. The summed E-state index contributed by atoms with van der Waals surface area (Å²) < 4.78 is 6.67. The Morgan fingerprint density at radius 3 is 3.14 bits per heavy atom. The van der Waals surface area contributed by atoms with Crippen molar-refractivity contribution in [2.24, 2.45) is 5.73 Å². The summed E-state index contributed by atoms with van der Waals surface area (Å²) in [6.07, 6.45) is 0. The molecule has 0 unspecified atom stereocenters. The number of ether oxygens (including phenoxy) is 1. The zero-order valence-corrected chi connectivity index (χ0v) is 12.3. The lowest BCUT2D eigenvalue weighted by Crippen LogP contribution is -2.16. The van der Waals surface area contributed by atoms with Crippen molar-refractivity contribution >= 4 is 23.4 Å². The standard InChI is InChI=1S/C12H16N6O2S/c1-20-10-4-2-3-9(7-10)14-11(19)8-21-12-15-16-17-18(12)6-5-13/h2-4,7H,5-6,8,13H2,1H3,(H,14,19). The van der Waals surface area contributed by atoms with Gasteiger partial charge in [-0.25, -0.2) is 4.68 Å². The maximum atomic E-state index is 11.9. The molecule has 0 bridgehead atoms. The van der Waals surface area contributed by atoms with Crippen LogP contribution in [0.3, 0.4) is 0 Å². The molecule has 0 saturated heterocycles. The highest BCUT2D eigenvalue weighted by Gasteiger charge is 2.10. The molecule has 1 heterocycles. The van der Waals surface area contributed by atoms with Crippen LogP contribution in [0.1, 0.15) is 0 Å². The van der Waals surface area contributed by atoms with E-state index in [9.17, 15) is 4.79 Å². The number of anilines is 1. The number of nitrogens with one attached hydrogen (secondary N) is 1. The molecule has 8 nitrogen and oxygen atoms in total. The maximum absolute atomic E-state index is 11.9. The van der Waals surface area contributed by atoms with Crippen LogP contribution in [0.2, 0.25) is 0 Å². The Morgan fingerprint density at radius 1 is 1.52 bits per heavy atom. The molecule has 2 aromatic rings. The molecule has 21 heavy (non-hydrogen) atoms. The Morgan fingerprint density at radius 2 is 2.38 bits per heavy atom. The summed E-state index contributed by atoms with van der Waals surface area (Å²) in [5.74, 6) is 0.755. The van der Waals surface area contributed by atoms with Gasteiger partial charge in [0.25, 0.3) is 0 Å². The van der Waals surface area contributed by atoms with Crippen LogP contribution in [0.25, 0.3) is 0 Å². The van der Waals surface area contributed by atoms with Crippen molar-refractivity contribution < 1.29 is 9.53 Å². The van der Waals surface area contributed by atoms with E-state index in [4.69, 9.17) is 10.5 Å². The van der Waals surface area contributed by atoms with Gasteiger partial charge in [0, 0.05) is 18.3 Å². The van der Waals surface area contributed by atoms with Crippen molar-refractivity contribution in [1.82, 2.24) is 20.2 Å². The monoisotopic (exact) mass is 308 g/mol. The van der Waals surface area contributed by atoms with E-state index < -0.39 is 0 Å². The number of methoxy groups -OCH3 is 1. The van der Waals surface area contributed by atoms with Crippen molar-refractivity contribution in [3.63, 3.8) is 0 Å². The maximum Gasteiger partial charge on any atom is 0.234 e. The van der Waals surface area contributed by atoms with Crippen LogP contribution in [-0.4, -0.2) is 45.5 Å². The number of aromatic nitrogens is 4. The molecule has 0 radical (unpaired) electrons. The minimum Gasteiger partial charge on any atom is -0.497 e. The number of nitrogens with zero attached hydrogens (tertiary/aromatic N) is 4. The van der Waals surface area contributed by atoms with Gasteiger partial charge in [-0.05, 0) is 22.6 Å². The third kappa shape index (κ3) is 4.43. The first kappa shape index (κ1) is 15.3. The van der Waals surface area contributed by atoms with Crippen molar-refractivity contribution in [2.75, 3.05) is 24.7 Å².